The number of nitrogens with zero attached hydrogens (tertiary/aromatic N) is 1. The minimum atomic E-state index is -0.504. The predicted octanol–water partition coefficient (Wildman–Crippen LogP) is 2.19. The van der Waals surface area contributed by atoms with E-state index in [0.717, 1.165) is 10.9 Å². The standard InChI is InChI=1S/C12H12BrClN2O2/c13-8-4-7(5-9(14)6-8)12(18)16-3-1-2-10(16)11(15)17/h4-6,10H,1-3H2,(H2,15,17). The van der Waals surface area contributed by atoms with Gasteiger partial charge >= 0.3 is 0 Å². The molecule has 0 aliphatic carbocycles. The molecule has 2 N–H and O–H groups in total. The summed E-state index contributed by atoms with van der Waals surface area (Å²) in [5.41, 5.74) is 5.76. The molecule has 4 nitrogen and oxygen atoms in total. The van der Waals surface area contributed by atoms with Crippen LogP contribution in [-0.2, 0) is 4.79 Å². The molecule has 1 heterocycles. The Labute approximate surface area is 118 Å². The smallest absolute Gasteiger partial charge is 0.254 e. The lowest BCUT2D eigenvalue weighted by molar-refractivity contribution is -0.121. The summed E-state index contributed by atoms with van der Waals surface area (Å²) in [6.45, 7) is 0.552. The summed E-state index contributed by atoms with van der Waals surface area (Å²) < 4.78 is 0.730. The second kappa shape index (κ2) is 5.28. The van der Waals surface area contributed by atoms with Crippen molar-refractivity contribution in [1.82, 2.24) is 4.90 Å². The van der Waals surface area contributed by atoms with Crippen LogP contribution in [0.3, 0.4) is 0 Å². The molecule has 0 bridgehead atoms. The second-order valence-corrected chi connectivity index (χ2v) is 5.57. The molecule has 1 aromatic rings. The zero-order valence-electron chi connectivity index (χ0n) is 9.53. The van der Waals surface area contributed by atoms with E-state index in [1.165, 1.54) is 4.90 Å². The Morgan fingerprint density at radius 2 is 2.11 bits per heavy atom. The quantitative estimate of drug-likeness (QED) is 0.903. The maximum atomic E-state index is 12.3. The second-order valence-electron chi connectivity index (χ2n) is 4.22. The topological polar surface area (TPSA) is 63.4 Å². The summed E-state index contributed by atoms with van der Waals surface area (Å²) in [6, 6.07) is 4.47. The molecule has 0 spiro atoms. The number of hydrogen-bond donors (Lipinski definition) is 1. The summed E-state index contributed by atoms with van der Waals surface area (Å²) in [5, 5.41) is 0.475. The monoisotopic (exact) mass is 330 g/mol. The maximum Gasteiger partial charge on any atom is 0.254 e. The fourth-order valence-electron chi connectivity index (χ4n) is 2.15. The van der Waals surface area contributed by atoms with Gasteiger partial charge in [0.2, 0.25) is 5.91 Å². The highest BCUT2D eigenvalue weighted by molar-refractivity contribution is 9.10. The molecule has 1 atom stereocenters. The van der Waals surface area contributed by atoms with Crippen LogP contribution in [0.15, 0.2) is 22.7 Å². The van der Waals surface area contributed by atoms with E-state index in [-0.39, 0.29) is 5.91 Å². The number of benzene rings is 1. The number of likely N-dealkylation sites (tertiary alicyclic amines) is 1. The molecule has 1 aliphatic heterocycles. The van der Waals surface area contributed by atoms with Crippen LogP contribution in [0.2, 0.25) is 5.02 Å². The van der Waals surface area contributed by atoms with Crippen LogP contribution >= 0.6 is 27.5 Å². The Morgan fingerprint density at radius 3 is 2.72 bits per heavy atom. The zero-order chi connectivity index (χ0) is 13.3. The van der Waals surface area contributed by atoms with Crippen LogP contribution in [0.5, 0.6) is 0 Å². The molecule has 1 saturated heterocycles. The summed E-state index contributed by atoms with van der Waals surface area (Å²) in [5.74, 6) is -0.665. The van der Waals surface area contributed by atoms with E-state index < -0.39 is 11.9 Å². The highest BCUT2D eigenvalue weighted by Gasteiger charge is 2.33. The number of hydrogen-bond acceptors (Lipinski definition) is 2. The Hall–Kier alpha value is -1.07. The van der Waals surface area contributed by atoms with Gasteiger partial charge in [-0.15, -0.1) is 0 Å². The third kappa shape index (κ3) is 2.67. The number of nitrogens with two attached hydrogens (primary N) is 1. The molecule has 0 radical (unpaired) electrons. The van der Waals surface area contributed by atoms with Crippen LogP contribution in [0.25, 0.3) is 0 Å². The Morgan fingerprint density at radius 1 is 1.39 bits per heavy atom. The predicted molar refractivity (Wildman–Crippen MR) is 72.4 cm³/mol. The first kappa shape index (κ1) is 13.4. The first-order chi connectivity index (χ1) is 8.49. The van der Waals surface area contributed by atoms with E-state index in [1.807, 2.05) is 0 Å². The number of carbonyl (C=O) groups is 2. The molecule has 0 saturated carbocycles. The van der Waals surface area contributed by atoms with Crippen molar-refractivity contribution in [2.24, 2.45) is 5.73 Å². The fraction of sp³-hybridized carbons (Fsp3) is 0.333. The highest BCUT2D eigenvalue weighted by atomic mass is 79.9. The van der Waals surface area contributed by atoms with Crippen molar-refractivity contribution in [3.05, 3.63) is 33.3 Å². The average molecular weight is 332 g/mol. The maximum absolute atomic E-state index is 12.3. The number of amides is 2. The van der Waals surface area contributed by atoms with Crippen molar-refractivity contribution in [1.29, 1.82) is 0 Å². The van der Waals surface area contributed by atoms with Crippen molar-refractivity contribution in [2.75, 3.05) is 6.54 Å². The van der Waals surface area contributed by atoms with Gasteiger partial charge in [-0.25, -0.2) is 0 Å². The number of carbonyl (C=O) groups excluding carboxylic acids is 2. The van der Waals surface area contributed by atoms with Gasteiger partial charge in [0.1, 0.15) is 6.04 Å². The Bertz CT molecular complexity index is 487. The minimum Gasteiger partial charge on any atom is -0.368 e. The molecule has 18 heavy (non-hydrogen) atoms. The van der Waals surface area contributed by atoms with Gasteiger partial charge in [0.15, 0.2) is 0 Å². The van der Waals surface area contributed by atoms with E-state index in [9.17, 15) is 9.59 Å². The Kier molecular flexibility index (Phi) is 3.92. The molecule has 1 unspecified atom stereocenters. The molecule has 2 amide bonds. The lowest BCUT2D eigenvalue weighted by Gasteiger charge is -2.22. The van der Waals surface area contributed by atoms with Crippen molar-refractivity contribution in [2.45, 2.75) is 18.9 Å². The van der Waals surface area contributed by atoms with Gasteiger partial charge in [0.25, 0.3) is 5.91 Å². The van der Waals surface area contributed by atoms with E-state index in [2.05, 4.69) is 15.9 Å². The molecule has 0 aromatic heterocycles. The van der Waals surface area contributed by atoms with Crippen LogP contribution < -0.4 is 5.73 Å². The van der Waals surface area contributed by atoms with E-state index in [0.29, 0.717) is 23.6 Å². The first-order valence-corrected chi connectivity index (χ1v) is 6.72. The van der Waals surface area contributed by atoms with Gasteiger partial charge < -0.3 is 10.6 Å². The van der Waals surface area contributed by atoms with Crippen molar-refractivity contribution in [3.63, 3.8) is 0 Å². The molecule has 96 valence electrons. The largest absolute Gasteiger partial charge is 0.368 e. The summed E-state index contributed by atoms with van der Waals surface area (Å²) >= 11 is 9.19. The Balaban J connectivity index is 2.28. The van der Waals surface area contributed by atoms with Crippen LogP contribution in [0.1, 0.15) is 23.2 Å². The van der Waals surface area contributed by atoms with Crippen LogP contribution in [0.4, 0.5) is 0 Å². The third-order valence-electron chi connectivity index (χ3n) is 2.95. The van der Waals surface area contributed by atoms with Crippen LogP contribution in [0, 0.1) is 0 Å². The average Bonchev–Trinajstić information content (AvgIpc) is 2.75. The molecule has 6 heteroatoms. The molecule has 1 fully saturated rings. The lowest BCUT2D eigenvalue weighted by atomic mass is 10.1. The number of halogens is 2. The molecular formula is C12H12BrClN2O2. The number of primary amides is 1. The van der Waals surface area contributed by atoms with Gasteiger partial charge in [-0.1, -0.05) is 27.5 Å². The van der Waals surface area contributed by atoms with E-state index >= 15 is 0 Å². The van der Waals surface area contributed by atoms with Crippen molar-refractivity contribution >= 4 is 39.3 Å². The van der Waals surface area contributed by atoms with E-state index in [1.54, 1.807) is 18.2 Å². The molecule has 1 aliphatic rings. The molecule has 2 rings (SSSR count). The SMILES string of the molecule is NC(=O)C1CCCN1C(=O)c1cc(Cl)cc(Br)c1. The lowest BCUT2D eigenvalue weighted by Crippen LogP contribution is -2.43. The third-order valence-corrected chi connectivity index (χ3v) is 3.63. The number of rotatable bonds is 2. The molecular weight excluding hydrogens is 320 g/mol. The van der Waals surface area contributed by atoms with Gasteiger partial charge in [0.05, 0.1) is 0 Å². The minimum absolute atomic E-state index is 0.209. The van der Waals surface area contributed by atoms with E-state index in [4.69, 9.17) is 17.3 Å². The van der Waals surface area contributed by atoms with Crippen LogP contribution in [-0.4, -0.2) is 29.3 Å². The van der Waals surface area contributed by atoms with Crippen molar-refractivity contribution in [3.8, 4) is 0 Å². The normalized spacial score (nSPS) is 19.0. The fourth-order valence-corrected chi connectivity index (χ4v) is 3.01. The van der Waals surface area contributed by atoms with Gasteiger partial charge in [-0.3, -0.25) is 9.59 Å². The molecule has 1 aromatic carbocycles. The van der Waals surface area contributed by atoms with Crippen molar-refractivity contribution < 1.29 is 9.59 Å². The highest BCUT2D eigenvalue weighted by Crippen LogP contribution is 2.24. The summed E-state index contributed by atoms with van der Waals surface area (Å²) in [6.07, 6.45) is 1.42. The van der Waals surface area contributed by atoms with Gasteiger partial charge in [-0.2, -0.15) is 0 Å². The van der Waals surface area contributed by atoms with Gasteiger partial charge in [-0.05, 0) is 31.0 Å². The summed E-state index contributed by atoms with van der Waals surface area (Å²) in [7, 11) is 0. The van der Waals surface area contributed by atoms with Gasteiger partial charge in [0, 0.05) is 21.6 Å². The zero-order valence-corrected chi connectivity index (χ0v) is 11.9. The first-order valence-electron chi connectivity index (χ1n) is 5.55. The summed E-state index contributed by atoms with van der Waals surface area (Å²) in [4.78, 5) is 25.1.